The van der Waals surface area contributed by atoms with Crippen LogP contribution >= 0.6 is 0 Å². The molecule has 7 heteroatoms. The third-order valence-electron chi connectivity index (χ3n) is 3.77. The first-order valence-corrected chi connectivity index (χ1v) is 8.88. The van der Waals surface area contributed by atoms with E-state index < -0.39 is 10.0 Å². The molecule has 1 atom stereocenters. The number of nitrogens with zero attached hydrogens (tertiary/aromatic N) is 1. The lowest BCUT2D eigenvalue weighted by molar-refractivity contribution is -0.119. The number of rotatable bonds is 5. The summed E-state index contributed by atoms with van der Waals surface area (Å²) < 4.78 is 31.7. The molecule has 1 aromatic rings. The summed E-state index contributed by atoms with van der Waals surface area (Å²) in [6, 6.07) is 6.38. The largest absolute Gasteiger partial charge is 0.379 e. The lowest BCUT2D eigenvalue weighted by atomic mass is 10.1. The summed E-state index contributed by atoms with van der Waals surface area (Å²) in [5, 5.41) is 2.76. The van der Waals surface area contributed by atoms with Crippen molar-refractivity contribution < 1.29 is 17.9 Å². The minimum absolute atomic E-state index is 0.108. The van der Waals surface area contributed by atoms with Crippen molar-refractivity contribution in [2.75, 3.05) is 31.6 Å². The van der Waals surface area contributed by atoms with Gasteiger partial charge in [0.2, 0.25) is 15.9 Å². The predicted octanol–water partition coefficient (Wildman–Crippen LogP) is 1.69. The Labute approximate surface area is 131 Å². The highest BCUT2D eigenvalue weighted by Gasteiger charge is 2.26. The van der Waals surface area contributed by atoms with E-state index in [0.29, 0.717) is 32.0 Å². The van der Waals surface area contributed by atoms with Crippen molar-refractivity contribution in [3.8, 4) is 0 Å². The molecule has 0 unspecified atom stereocenters. The van der Waals surface area contributed by atoms with E-state index >= 15 is 0 Å². The van der Waals surface area contributed by atoms with Crippen LogP contribution in [-0.2, 0) is 19.6 Å². The minimum Gasteiger partial charge on any atom is -0.379 e. The van der Waals surface area contributed by atoms with Crippen molar-refractivity contribution in [1.82, 2.24) is 4.31 Å². The fraction of sp³-hybridized carbons (Fsp3) is 0.533. The van der Waals surface area contributed by atoms with Gasteiger partial charge in [0.1, 0.15) is 0 Å². The van der Waals surface area contributed by atoms with E-state index in [-0.39, 0.29) is 16.7 Å². The highest BCUT2D eigenvalue weighted by molar-refractivity contribution is 7.89. The van der Waals surface area contributed by atoms with Gasteiger partial charge >= 0.3 is 0 Å². The van der Waals surface area contributed by atoms with Gasteiger partial charge in [-0.3, -0.25) is 4.79 Å². The molecule has 1 heterocycles. The topological polar surface area (TPSA) is 75.7 Å². The molecule has 0 aromatic heterocycles. The Kier molecular flexibility index (Phi) is 5.55. The van der Waals surface area contributed by atoms with Gasteiger partial charge in [-0.05, 0) is 24.6 Å². The lowest BCUT2D eigenvalue weighted by Gasteiger charge is -2.26. The third kappa shape index (κ3) is 3.85. The van der Waals surface area contributed by atoms with Crippen LogP contribution < -0.4 is 5.32 Å². The first kappa shape index (κ1) is 16.9. The van der Waals surface area contributed by atoms with Gasteiger partial charge in [0.25, 0.3) is 0 Å². The molecule has 0 spiro atoms. The van der Waals surface area contributed by atoms with Crippen LogP contribution in [0, 0.1) is 5.92 Å². The number of anilines is 1. The fourth-order valence-corrected chi connectivity index (χ4v) is 3.58. The minimum atomic E-state index is -3.54. The summed E-state index contributed by atoms with van der Waals surface area (Å²) >= 11 is 0. The number of sulfonamides is 1. The number of hydrogen-bond acceptors (Lipinski definition) is 4. The smallest absolute Gasteiger partial charge is 0.243 e. The Balaban J connectivity index is 2.18. The zero-order chi connectivity index (χ0) is 16.2. The van der Waals surface area contributed by atoms with E-state index in [1.165, 1.54) is 10.4 Å². The van der Waals surface area contributed by atoms with Crippen molar-refractivity contribution in [3.05, 3.63) is 24.3 Å². The first-order chi connectivity index (χ1) is 10.4. The molecule has 1 aromatic carbocycles. The molecule has 122 valence electrons. The zero-order valence-electron chi connectivity index (χ0n) is 12.9. The Morgan fingerprint density at radius 3 is 2.68 bits per heavy atom. The number of carbonyl (C=O) groups is 1. The molecule has 1 aliphatic heterocycles. The van der Waals surface area contributed by atoms with Gasteiger partial charge in [-0.1, -0.05) is 19.9 Å². The molecule has 0 saturated carbocycles. The van der Waals surface area contributed by atoms with E-state index in [0.717, 1.165) is 6.42 Å². The van der Waals surface area contributed by atoms with Crippen molar-refractivity contribution in [3.63, 3.8) is 0 Å². The normalized spacial score (nSPS) is 17.9. The number of benzene rings is 1. The molecule has 0 radical (unpaired) electrons. The second-order valence-corrected chi connectivity index (χ2v) is 7.28. The Morgan fingerprint density at radius 2 is 2.05 bits per heavy atom. The monoisotopic (exact) mass is 326 g/mol. The van der Waals surface area contributed by atoms with Crippen molar-refractivity contribution in [2.24, 2.45) is 5.92 Å². The van der Waals surface area contributed by atoms with Crippen molar-refractivity contribution in [1.29, 1.82) is 0 Å². The average molecular weight is 326 g/mol. The summed E-state index contributed by atoms with van der Waals surface area (Å²) in [5.74, 6) is -0.220. The molecular formula is C15H22N2O4S. The number of ether oxygens (including phenoxy) is 1. The van der Waals surface area contributed by atoms with Crippen LogP contribution in [0.5, 0.6) is 0 Å². The highest BCUT2D eigenvalue weighted by atomic mass is 32.2. The van der Waals surface area contributed by atoms with Crippen molar-refractivity contribution in [2.45, 2.75) is 25.2 Å². The number of hydrogen-bond donors (Lipinski definition) is 1. The zero-order valence-corrected chi connectivity index (χ0v) is 13.7. The summed E-state index contributed by atoms with van der Waals surface area (Å²) in [6.07, 6.45) is 0.734. The SMILES string of the molecule is CC[C@H](C)C(=O)Nc1cccc(S(=O)(=O)N2CCOCC2)c1. The quantitative estimate of drug-likeness (QED) is 0.893. The molecule has 0 bridgehead atoms. The molecule has 22 heavy (non-hydrogen) atoms. The van der Waals surface area contributed by atoms with E-state index in [4.69, 9.17) is 4.74 Å². The maximum Gasteiger partial charge on any atom is 0.243 e. The molecular weight excluding hydrogens is 304 g/mol. The molecule has 1 aliphatic rings. The van der Waals surface area contributed by atoms with Crippen molar-refractivity contribution >= 4 is 21.6 Å². The standard InChI is InChI=1S/C15H22N2O4S/c1-3-12(2)15(18)16-13-5-4-6-14(11-13)22(19,20)17-7-9-21-10-8-17/h4-6,11-12H,3,7-10H2,1-2H3,(H,16,18)/t12-/m0/s1. The summed E-state index contributed by atoms with van der Waals surface area (Å²) in [4.78, 5) is 12.1. The molecule has 6 nitrogen and oxygen atoms in total. The Morgan fingerprint density at radius 1 is 1.36 bits per heavy atom. The molecule has 1 amide bonds. The number of carbonyl (C=O) groups excluding carboxylic acids is 1. The van der Waals surface area contributed by atoms with Gasteiger partial charge in [-0.25, -0.2) is 8.42 Å². The first-order valence-electron chi connectivity index (χ1n) is 7.44. The summed E-state index contributed by atoms with van der Waals surface area (Å²) in [6.45, 7) is 5.29. The van der Waals surface area contributed by atoms with Crippen LogP contribution in [0.15, 0.2) is 29.2 Å². The third-order valence-corrected chi connectivity index (χ3v) is 5.66. The second kappa shape index (κ2) is 7.21. The average Bonchev–Trinajstić information content (AvgIpc) is 2.55. The lowest BCUT2D eigenvalue weighted by Crippen LogP contribution is -2.40. The van der Waals surface area contributed by atoms with Crippen LogP contribution in [-0.4, -0.2) is 44.9 Å². The Bertz CT molecular complexity index is 624. The van der Waals surface area contributed by atoms with Gasteiger partial charge in [0.05, 0.1) is 18.1 Å². The highest BCUT2D eigenvalue weighted by Crippen LogP contribution is 2.21. The predicted molar refractivity (Wildman–Crippen MR) is 84.1 cm³/mol. The molecule has 1 fully saturated rings. The number of amides is 1. The van der Waals surface area contributed by atoms with E-state index in [2.05, 4.69) is 5.32 Å². The maximum atomic E-state index is 12.6. The van der Waals surface area contributed by atoms with Gasteiger partial charge in [0.15, 0.2) is 0 Å². The van der Waals surface area contributed by atoms with Gasteiger partial charge in [0, 0.05) is 24.7 Å². The van der Waals surface area contributed by atoms with E-state index in [9.17, 15) is 13.2 Å². The molecule has 1 saturated heterocycles. The van der Waals surface area contributed by atoms with Crippen LogP contribution in [0.25, 0.3) is 0 Å². The van der Waals surface area contributed by atoms with Gasteiger partial charge in [-0.2, -0.15) is 4.31 Å². The summed E-state index contributed by atoms with van der Waals surface area (Å²) in [7, 11) is -3.54. The van der Waals surface area contributed by atoms with E-state index in [1.807, 2.05) is 13.8 Å². The second-order valence-electron chi connectivity index (χ2n) is 5.34. The fourth-order valence-electron chi connectivity index (χ4n) is 2.12. The molecule has 2 rings (SSSR count). The van der Waals surface area contributed by atoms with Gasteiger partial charge < -0.3 is 10.1 Å². The van der Waals surface area contributed by atoms with Gasteiger partial charge in [-0.15, -0.1) is 0 Å². The molecule has 1 N–H and O–H groups in total. The van der Waals surface area contributed by atoms with E-state index in [1.54, 1.807) is 18.2 Å². The number of morpholine rings is 1. The summed E-state index contributed by atoms with van der Waals surface area (Å²) in [5.41, 5.74) is 0.500. The maximum absolute atomic E-state index is 12.6. The van der Waals surface area contributed by atoms with Crippen LogP contribution in [0.1, 0.15) is 20.3 Å². The van der Waals surface area contributed by atoms with Crippen LogP contribution in [0.3, 0.4) is 0 Å². The Hall–Kier alpha value is -1.44. The van der Waals surface area contributed by atoms with Crippen LogP contribution in [0.4, 0.5) is 5.69 Å². The molecule has 0 aliphatic carbocycles. The van der Waals surface area contributed by atoms with Crippen LogP contribution in [0.2, 0.25) is 0 Å². The number of nitrogens with one attached hydrogen (secondary N) is 1.